The minimum Gasteiger partial charge on any atom is -0.508 e. The van der Waals surface area contributed by atoms with Crippen LogP contribution in [-0.2, 0) is 118 Å². The molecule has 52 nitrogen and oxygen atoms in total. The highest BCUT2D eigenvalue weighted by atomic mass is 32.1. The Bertz CT molecular complexity index is 4630. The number of likely N-dealkylation sites (tertiary alicyclic amines) is 1. The molecule has 0 saturated carbocycles. The average molecular weight is 2000 g/mol. The summed E-state index contributed by atoms with van der Waals surface area (Å²) in [7, 11) is 0. The topological polar surface area (TPSA) is 867 Å². The largest absolute Gasteiger partial charge is 0.508 e. The molecule has 0 radical (unpaired) electrons. The number of phenolic OH excluding ortho intramolecular Hbond substituents is 1. The zero-order chi connectivity index (χ0) is 105. The summed E-state index contributed by atoms with van der Waals surface area (Å²) in [6.07, 6.45) is -7.32. The number of amides is 18. The molecule has 34 N–H and O–H groups in total. The van der Waals surface area contributed by atoms with Crippen LogP contribution in [0.25, 0.3) is 0 Å². The van der Waals surface area contributed by atoms with Gasteiger partial charge in [-0.2, -0.15) is 12.6 Å². The van der Waals surface area contributed by atoms with Gasteiger partial charge in [-0.05, 0) is 132 Å². The third-order valence-electron chi connectivity index (χ3n) is 21.7. The van der Waals surface area contributed by atoms with Crippen molar-refractivity contribution in [3.05, 3.63) is 65.7 Å². The third-order valence-corrected chi connectivity index (χ3v) is 22.1. The van der Waals surface area contributed by atoms with Gasteiger partial charge in [0, 0.05) is 50.9 Å². The van der Waals surface area contributed by atoms with Crippen LogP contribution in [0.5, 0.6) is 5.75 Å². The predicted molar refractivity (Wildman–Crippen MR) is 499 cm³/mol. The number of thiol groups is 1. The van der Waals surface area contributed by atoms with Crippen molar-refractivity contribution in [2.75, 3.05) is 38.6 Å². The first kappa shape index (κ1) is 120. The number of nitrogens with two attached hydrogens (primary N) is 5. The zero-order valence-electron chi connectivity index (χ0n) is 78.8. The molecule has 1 fully saturated rings. The van der Waals surface area contributed by atoms with E-state index in [0.717, 1.165) is 11.8 Å². The quantitative estimate of drug-likeness (QED) is 0.0127. The van der Waals surface area contributed by atoms with Crippen molar-refractivity contribution in [1.82, 2.24) is 90.0 Å². The lowest BCUT2D eigenvalue weighted by Gasteiger charge is -2.31. The van der Waals surface area contributed by atoms with Gasteiger partial charge in [-0.15, -0.1) is 0 Å². The van der Waals surface area contributed by atoms with E-state index in [-0.39, 0.29) is 99.9 Å². The van der Waals surface area contributed by atoms with E-state index in [1.807, 2.05) is 0 Å². The lowest BCUT2D eigenvalue weighted by atomic mass is 10.0. The van der Waals surface area contributed by atoms with Crippen LogP contribution < -0.4 is 114 Å². The van der Waals surface area contributed by atoms with E-state index in [0.29, 0.717) is 12.0 Å². The predicted octanol–water partition coefficient (Wildman–Crippen LogP) is -8.73. The fourth-order valence-corrected chi connectivity index (χ4v) is 14.4. The minimum atomic E-state index is -2.23. The Kier molecular flexibility index (Phi) is 52.7. The molecule has 1 heterocycles. The summed E-state index contributed by atoms with van der Waals surface area (Å²) in [5.41, 5.74) is 28.5. The van der Waals surface area contributed by atoms with Crippen molar-refractivity contribution in [3.8, 4) is 5.75 Å². The molecule has 0 unspecified atom stereocenters. The second-order valence-corrected chi connectivity index (χ2v) is 35.0. The number of carboxylic acid groups (broad SMARTS) is 4. The minimum absolute atomic E-state index is 0.0122. The smallest absolute Gasteiger partial charge is 0.326 e. The number of guanidine groups is 1. The normalized spacial score (nSPS) is 15.7. The van der Waals surface area contributed by atoms with E-state index in [1.54, 1.807) is 33.8 Å². The van der Waals surface area contributed by atoms with Crippen LogP contribution in [0, 0.1) is 23.2 Å². The van der Waals surface area contributed by atoms with Gasteiger partial charge < -0.3 is 154 Å². The van der Waals surface area contributed by atoms with Crippen molar-refractivity contribution >= 4 is 149 Å². The number of aliphatic hydroxyl groups is 2. The number of aliphatic carboxylic acids is 4. The van der Waals surface area contributed by atoms with E-state index in [2.05, 4.69) is 97.7 Å². The van der Waals surface area contributed by atoms with Crippen molar-refractivity contribution in [2.45, 2.75) is 273 Å². The van der Waals surface area contributed by atoms with Gasteiger partial charge in [0.2, 0.25) is 106 Å². The molecule has 1 aliphatic heterocycles. The Morgan fingerprint density at radius 3 is 1.29 bits per heavy atom. The first-order valence-corrected chi connectivity index (χ1v) is 46.0. The molecule has 2 aromatic carbocycles. The molecule has 0 bridgehead atoms. The molecule has 2 aromatic rings. The Morgan fingerprint density at radius 2 is 0.821 bits per heavy atom. The van der Waals surface area contributed by atoms with Crippen LogP contribution in [0.3, 0.4) is 0 Å². The Labute approximate surface area is 811 Å². The molecular weight excluding hydrogens is 1860 g/mol. The van der Waals surface area contributed by atoms with Gasteiger partial charge in [-0.3, -0.25) is 106 Å². The number of carboxylic acids is 4. The van der Waals surface area contributed by atoms with Crippen LogP contribution in [0.15, 0.2) is 54.6 Å². The second kappa shape index (κ2) is 61.4. The van der Waals surface area contributed by atoms with Crippen molar-refractivity contribution in [2.24, 2.45) is 46.4 Å². The van der Waals surface area contributed by atoms with Crippen LogP contribution in [-0.4, -0.2) is 318 Å². The van der Waals surface area contributed by atoms with E-state index >= 15 is 0 Å². The maximum Gasteiger partial charge on any atom is 0.326 e. The Balaban J connectivity index is 1.97. The molecule has 1 saturated heterocycles. The van der Waals surface area contributed by atoms with Gasteiger partial charge in [-0.1, -0.05) is 84.0 Å². The number of aliphatic hydroxyl groups excluding tert-OH is 2. The lowest BCUT2D eigenvalue weighted by Crippen LogP contribution is -2.62. The number of phenols is 1. The Hall–Kier alpha value is -14.0. The number of nitrogens with zero attached hydrogens (tertiary/aromatic N) is 1. The number of carbonyl (C=O) groups excluding carboxylic acids is 18. The number of rotatable bonds is 65. The first-order valence-electron chi connectivity index (χ1n) is 45.3. The van der Waals surface area contributed by atoms with Gasteiger partial charge in [-0.25, -0.2) is 4.79 Å². The monoisotopic (exact) mass is 2000 g/mol. The SMILES string of the molecule is CC(C)C[C@H](NC(=O)[C@H](CC(N)=O)NC(=O)[C@H](CCC(=O)O)NC(=O)[C@@H]1CCCN1C(=O)[C@H](CCC(N)=O)NC(=O)[C@H](Cc1ccccc1)NC(=O)[C@H](CC(=O)O)NC(=O)[C@H](CCC(=O)O)NC(=O)[C@@H](NC(=O)[C@H](CO)NC(=O)[C@H](Cc1ccc(O)cc1)NC(=O)[C@H](C)NC(=O)[C@H](CCCNC(=N)N)NC(=O)[C@H](CO)NC(=O)[C@H](CCCCN)NC(=O)[C@H](CC(C)C)NC(=O)[C@@H](N)CS)C(C)C)C(=O)O. The van der Waals surface area contributed by atoms with Crippen LogP contribution in [0.1, 0.15) is 169 Å². The van der Waals surface area contributed by atoms with Gasteiger partial charge in [0.05, 0.1) is 32.1 Å². The molecule has 778 valence electrons. The number of benzene rings is 2. The standard InChI is InChI=1S/C87H135N23O29S/c1-42(2)33-55(102-71(123)49(89)41-140)76(128)96-50(17-11-12-30-88)73(125)107-61(39-111)81(133)97-51(18-13-31-94-87(92)93)72(124)95-45(7)70(122)101-56(36-47-20-22-48(113)23-21-47)78(130)108-62(40-112)82(134)109-69(44(5)6)84(136)99-53(26-29-67(118)119)75(127)105-59(38-68(120)121)80(132)103-57(35-46-15-9-8-10-16-46)77(129)100-54(24-27-64(90)114)85(137)110-32-14-19-63(110)83(135)98-52(25-28-66(116)117)74(126)104-58(37-65(91)115)79(131)106-60(86(138)139)34-43(3)4/h8-10,15-16,20-23,42-45,49-63,69,111-113,140H,11-14,17-19,24-41,88-89H2,1-7H3,(H2,90,114)(H2,91,115)(H,95,124)(H,96,128)(H,97,133)(H,98,135)(H,99,136)(H,100,129)(H,101,122)(H,102,123)(H,103,132)(H,104,126)(H,105,127)(H,106,131)(H,107,125)(H,108,130)(H,109,134)(H,116,117)(H,118,119)(H,120,121)(H,138,139)(H4,92,93,94)/t45-,49-,50-,51-,52-,53-,54-,55-,56-,57-,58-,59-,60-,61-,62-,63-,69-/m0/s1. The Morgan fingerprint density at radius 1 is 0.421 bits per heavy atom. The molecule has 3 rings (SSSR count). The highest BCUT2D eigenvalue weighted by Crippen LogP contribution is 2.23. The summed E-state index contributed by atoms with van der Waals surface area (Å²) in [6, 6.07) is -16.3. The highest BCUT2D eigenvalue weighted by molar-refractivity contribution is 7.80. The number of primary amides is 2. The fraction of sp³-hybridized carbons (Fsp3) is 0.598. The zero-order valence-corrected chi connectivity index (χ0v) is 79.7. The summed E-state index contributed by atoms with van der Waals surface area (Å²) in [5.74, 6) is -29.0. The van der Waals surface area contributed by atoms with Gasteiger partial charge in [0.1, 0.15) is 102 Å². The molecule has 1 aliphatic rings. The molecule has 18 amide bonds. The maximum absolute atomic E-state index is 14.8. The summed E-state index contributed by atoms with van der Waals surface area (Å²) in [6.45, 7) is 8.31. The summed E-state index contributed by atoms with van der Waals surface area (Å²) >= 11 is 4.05. The lowest BCUT2D eigenvalue weighted by molar-refractivity contribution is -0.144. The molecular formula is C87H135N23O29S. The summed E-state index contributed by atoms with van der Waals surface area (Å²) in [4.78, 5) is 301. The molecule has 17 atom stereocenters. The maximum atomic E-state index is 14.8. The molecule has 53 heteroatoms. The summed E-state index contributed by atoms with van der Waals surface area (Å²) < 4.78 is 0. The number of unbranched alkanes of at least 4 members (excludes halogenated alkanes) is 1. The number of carbonyl (C=O) groups is 22. The van der Waals surface area contributed by atoms with Gasteiger partial charge in [0.15, 0.2) is 5.96 Å². The highest BCUT2D eigenvalue weighted by Gasteiger charge is 2.43. The third kappa shape index (κ3) is 43.8. The van der Waals surface area contributed by atoms with E-state index in [4.69, 9.17) is 34.1 Å². The van der Waals surface area contributed by atoms with Crippen molar-refractivity contribution in [3.63, 3.8) is 0 Å². The molecule has 0 aromatic heterocycles. The van der Waals surface area contributed by atoms with Gasteiger partial charge in [0.25, 0.3) is 0 Å². The summed E-state index contributed by atoms with van der Waals surface area (Å²) in [5, 5.41) is 116. The van der Waals surface area contributed by atoms with Gasteiger partial charge >= 0.3 is 23.9 Å². The van der Waals surface area contributed by atoms with Crippen LogP contribution in [0.4, 0.5) is 0 Å². The molecule has 0 aliphatic carbocycles. The number of aromatic hydroxyl groups is 1. The fourth-order valence-electron chi connectivity index (χ4n) is 14.2. The molecule has 0 spiro atoms. The van der Waals surface area contributed by atoms with Crippen molar-refractivity contribution in [1.29, 1.82) is 5.41 Å². The van der Waals surface area contributed by atoms with E-state index in [9.17, 15) is 141 Å². The first-order chi connectivity index (χ1) is 65.8. The molecule has 140 heavy (non-hydrogen) atoms. The van der Waals surface area contributed by atoms with Crippen LogP contribution in [0.2, 0.25) is 0 Å². The average Bonchev–Trinajstić information content (AvgIpc) is 1.64. The van der Waals surface area contributed by atoms with Crippen molar-refractivity contribution < 1.29 is 141 Å². The van der Waals surface area contributed by atoms with E-state index in [1.165, 1.54) is 62.4 Å². The van der Waals surface area contributed by atoms with E-state index < -0.39 is 322 Å². The number of hydrogen-bond acceptors (Lipinski definition) is 29. The number of hydrogen-bond donors (Lipinski definition) is 30. The number of nitrogens with one attached hydrogen (secondary N) is 17. The van der Waals surface area contributed by atoms with Crippen LogP contribution >= 0.6 is 12.6 Å². The second-order valence-electron chi connectivity index (χ2n) is 34.7.